The van der Waals surface area contributed by atoms with Gasteiger partial charge < -0.3 is 20.1 Å². The highest BCUT2D eigenvalue weighted by Gasteiger charge is 2.49. The van der Waals surface area contributed by atoms with Gasteiger partial charge in [-0.3, -0.25) is 9.89 Å². The fourth-order valence-corrected chi connectivity index (χ4v) is 3.44. The normalized spacial score (nSPS) is 19.0. The molecule has 1 aromatic heterocycles. The monoisotopic (exact) mass is 418 g/mol. The van der Waals surface area contributed by atoms with Crippen LogP contribution >= 0.6 is 11.6 Å². The first kappa shape index (κ1) is 19.2. The average Bonchev–Trinajstić information content (AvgIpc) is 3.24. The summed E-state index contributed by atoms with van der Waals surface area (Å²) in [7, 11) is 0. The minimum atomic E-state index is -2.28. The second-order valence-corrected chi connectivity index (χ2v) is 7.09. The number of fused-ring (bicyclic) bond motifs is 1. The number of carbonyl (C=O) groups excluding carboxylic acids is 2. The summed E-state index contributed by atoms with van der Waals surface area (Å²) in [4.78, 5) is 26.1. The first-order chi connectivity index (χ1) is 13.8. The van der Waals surface area contributed by atoms with Crippen molar-refractivity contribution < 1.29 is 23.8 Å². The van der Waals surface area contributed by atoms with Crippen molar-refractivity contribution in [2.45, 2.75) is 18.8 Å². The van der Waals surface area contributed by atoms with E-state index < -0.39 is 23.6 Å². The van der Waals surface area contributed by atoms with Crippen LogP contribution in [0.2, 0.25) is 5.02 Å². The Hall–Kier alpha value is -3.17. The number of hydrogen-bond acceptors (Lipinski definition) is 5. The standard InChI is InChI=1S/C19H16ClFN4O4/c20-13-5-11(6-14(21)8-13)9-22-18(27)29-19(28)3-4-25(17(19)26)15-1-2-16-12(7-15)10-23-24-16/h1-2,5-8,10,28H,3-4,9H2,(H,22,27)(H,23,24)/t19-/m1/s1. The third-order valence-electron chi connectivity index (χ3n) is 4.61. The fraction of sp³-hybridized carbons (Fsp3) is 0.211. The number of rotatable bonds is 4. The van der Waals surface area contributed by atoms with E-state index in [-0.39, 0.29) is 24.5 Å². The highest BCUT2D eigenvalue weighted by atomic mass is 35.5. The Labute approximate surface area is 169 Å². The lowest BCUT2D eigenvalue weighted by molar-refractivity contribution is -0.175. The molecular weight excluding hydrogens is 403 g/mol. The number of nitrogens with one attached hydrogen (secondary N) is 2. The van der Waals surface area contributed by atoms with Gasteiger partial charge in [-0.15, -0.1) is 0 Å². The molecule has 0 unspecified atom stereocenters. The first-order valence-electron chi connectivity index (χ1n) is 8.73. The van der Waals surface area contributed by atoms with Crippen molar-refractivity contribution in [3.05, 3.63) is 59.0 Å². The Morgan fingerprint density at radius 1 is 1.38 bits per heavy atom. The van der Waals surface area contributed by atoms with Crippen LogP contribution in [0.25, 0.3) is 10.9 Å². The van der Waals surface area contributed by atoms with Crippen molar-refractivity contribution in [2.24, 2.45) is 0 Å². The Morgan fingerprint density at radius 3 is 3.00 bits per heavy atom. The quantitative estimate of drug-likeness (QED) is 0.565. The Bertz CT molecular complexity index is 1080. The summed E-state index contributed by atoms with van der Waals surface area (Å²) in [5, 5.41) is 20.6. The molecule has 1 atom stereocenters. The van der Waals surface area contributed by atoms with Crippen molar-refractivity contribution in [3.8, 4) is 0 Å². The minimum absolute atomic E-state index is 0.0819. The number of aromatic nitrogens is 2. The molecule has 0 aliphatic carbocycles. The Kier molecular flexibility index (Phi) is 4.85. The summed E-state index contributed by atoms with van der Waals surface area (Å²) in [5.74, 6) is -3.57. The second kappa shape index (κ2) is 7.34. The summed E-state index contributed by atoms with van der Waals surface area (Å²) in [6.07, 6.45) is 0.524. The maximum Gasteiger partial charge on any atom is 0.410 e. The van der Waals surface area contributed by atoms with Gasteiger partial charge in [-0.2, -0.15) is 5.10 Å². The maximum absolute atomic E-state index is 13.3. The molecule has 29 heavy (non-hydrogen) atoms. The maximum atomic E-state index is 13.3. The number of alkyl carbamates (subject to hydrolysis) is 1. The van der Waals surface area contributed by atoms with Crippen LogP contribution in [0.5, 0.6) is 0 Å². The Morgan fingerprint density at radius 2 is 2.21 bits per heavy atom. The van der Waals surface area contributed by atoms with E-state index in [4.69, 9.17) is 16.3 Å². The number of ether oxygens (including phenoxy) is 1. The van der Waals surface area contributed by atoms with Gasteiger partial charge in [0.15, 0.2) is 0 Å². The van der Waals surface area contributed by atoms with Crippen molar-refractivity contribution in [1.82, 2.24) is 15.5 Å². The number of benzene rings is 2. The smallest absolute Gasteiger partial charge is 0.407 e. The first-order valence-corrected chi connectivity index (χ1v) is 9.11. The molecule has 1 saturated heterocycles. The van der Waals surface area contributed by atoms with Gasteiger partial charge in [0.25, 0.3) is 11.7 Å². The van der Waals surface area contributed by atoms with Gasteiger partial charge in [0.05, 0.1) is 11.7 Å². The average molecular weight is 419 g/mol. The predicted molar refractivity (Wildman–Crippen MR) is 103 cm³/mol. The third kappa shape index (κ3) is 3.87. The third-order valence-corrected chi connectivity index (χ3v) is 4.83. The van der Waals surface area contributed by atoms with Gasteiger partial charge >= 0.3 is 6.09 Å². The number of carbonyl (C=O) groups is 2. The van der Waals surface area contributed by atoms with Gasteiger partial charge in [0, 0.05) is 35.6 Å². The predicted octanol–water partition coefficient (Wildman–Crippen LogP) is 2.71. The number of aliphatic hydroxyl groups is 1. The van der Waals surface area contributed by atoms with Gasteiger partial charge in [-0.05, 0) is 42.0 Å². The topological polar surface area (TPSA) is 108 Å². The largest absolute Gasteiger partial charge is 0.410 e. The molecule has 0 radical (unpaired) electrons. The van der Waals surface area contributed by atoms with Crippen LogP contribution in [-0.2, 0) is 16.1 Å². The van der Waals surface area contributed by atoms with Crippen LogP contribution < -0.4 is 10.2 Å². The van der Waals surface area contributed by atoms with Gasteiger partial charge in [-0.25, -0.2) is 9.18 Å². The van der Waals surface area contributed by atoms with E-state index in [1.54, 1.807) is 24.4 Å². The number of halogens is 2. The lowest BCUT2D eigenvalue weighted by Crippen LogP contribution is -2.46. The number of hydrogen-bond donors (Lipinski definition) is 3. The molecule has 2 aromatic carbocycles. The molecule has 8 nitrogen and oxygen atoms in total. The van der Waals surface area contributed by atoms with Gasteiger partial charge in [-0.1, -0.05) is 11.6 Å². The zero-order chi connectivity index (χ0) is 20.6. The molecule has 10 heteroatoms. The van der Waals surface area contributed by atoms with Crippen LogP contribution in [0.15, 0.2) is 42.6 Å². The zero-order valence-corrected chi connectivity index (χ0v) is 15.7. The van der Waals surface area contributed by atoms with Crippen LogP contribution in [0.4, 0.5) is 14.9 Å². The van der Waals surface area contributed by atoms with Crippen molar-refractivity contribution in [3.63, 3.8) is 0 Å². The van der Waals surface area contributed by atoms with Gasteiger partial charge in [0.1, 0.15) is 5.82 Å². The molecule has 2 amide bonds. The molecule has 3 aromatic rings. The van der Waals surface area contributed by atoms with E-state index in [2.05, 4.69) is 15.5 Å². The summed E-state index contributed by atoms with van der Waals surface area (Å²) in [5.41, 5.74) is 1.77. The molecule has 1 aliphatic heterocycles. The van der Waals surface area contributed by atoms with Crippen LogP contribution in [-0.4, -0.2) is 39.6 Å². The van der Waals surface area contributed by atoms with Gasteiger partial charge in [0.2, 0.25) is 0 Å². The number of anilines is 1. The summed E-state index contributed by atoms with van der Waals surface area (Å²) >= 11 is 5.77. The fourth-order valence-electron chi connectivity index (χ4n) is 3.20. The van der Waals surface area contributed by atoms with E-state index >= 15 is 0 Å². The lowest BCUT2D eigenvalue weighted by Gasteiger charge is -2.22. The number of H-pyrrole nitrogens is 1. The van der Waals surface area contributed by atoms with E-state index in [1.807, 2.05) is 0 Å². The molecule has 0 saturated carbocycles. The molecule has 0 bridgehead atoms. The van der Waals surface area contributed by atoms with Crippen molar-refractivity contribution in [1.29, 1.82) is 0 Å². The molecule has 150 valence electrons. The lowest BCUT2D eigenvalue weighted by atomic mass is 10.2. The summed E-state index contributed by atoms with van der Waals surface area (Å²) in [6, 6.07) is 9.04. The molecule has 0 spiro atoms. The molecule has 1 fully saturated rings. The second-order valence-electron chi connectivity index (χ2n) is 6.65. The summed E-state index contributed by atoms with van der Waals surface area (Å²) < 4.78 is 18.3. The molecule has 3 N–H and O–H groups in total. The van der Waals surface area contributed by atoms with E-state index in [1.165, 1.54) is 17.0 Å². The minimum Gasteiger partial charge on any atom is -0.407 e. The van der Waals surface area contributed by atoms with Crippen LogP contribution in [0, 0.1) is 5.82 Å². The highest BCUT2D eigenvalue weighted by molar-refractivity contribution is 6.30. The van der Waals surface area contributed by atoms with E-state index in [0.29, 0.717) is 11.3 Å². The van der Waals surface area contributed by atoms with Crippen molar-refractivity contribution >= 4 is 40.2 Å². The molecule has 2 heterocycles. The van der Waals surface area contributed by atoms with E-state index in [9.17, 15) is 19.1 Å². The molecular formula is C19H16ClFN4O4. The van der Waals surface area contributed by atoms with Crippen LogP contribution in [0.1, 0.15) is 12.0 Å². The Balaban J connectivity index is 1.41. The number of amides is 2. The van der Waals surface area contributed by atoms with E-state index in [0.717, 1.165) is 17.0 Å². The summed E-state index contributed by atoms with van der Waals surface area (Å²) in [6.45, 7) is 0.0902. The highest BCUT2D eigenvalue weighted by Crippen LogP contribution is 2.31. The molecule has 1 aliphatic rings. The number of aromatic amines is 1. The number of nitrogens with zero attached hydrogens (tertiary/aromatic N) is 2. The molecule has 4 rings (SSSR count). The van der Waals surface area contributed by atoms with Crippen LogP contribution in [0.3, 0.4) is 0 Å². The zero-order valence-electron chi connectivity index (χ0n) is 15.0. The SMILES string of the molecule is O=C(NCc1cc(F)cc(Cl)c1)O[C@]1(O)CCN(c2ccc3[nH]ncc3c2)C1=O. The van der Waals surface area contributed by atoms with Crippen molar-refractivity contribution in [2.75, 3.05) is 11.4 Å².